The Hall–Kier alpha value is -1.62. The highest BCUT2D eigenvalue weighted by molar-refractivity contribution is 9.10. The molecule has 4 rings (SSSR count). The Morgan fingerprint density at radius 3 is 2.78 bits per heavy atom. The fourth-order valence-corrected chi connectivity index (χ4v) is 3.33. The highest BCUT2D eigenvalue weighted by atomic mass is 79.9. The van der Waals surface area contributed by atoms with Crippen molar-refractivity contribution in [2.24, 2.45) is 5.92 Å². The van der Waals surface area contributed by atoms with Gasteiger partial charge in [0, 0.05) is 23.4 Å². The Morgan fingerprint density at radius 2 is 2.09 bits per heavy atom. The van der Waals surface area contributed by atoms with Gasteiger partial charge in [0.05, 0.1) is 12.7 Å². The molecule has 0 spiro atoms. The predicted octanol–water partition coefficient (Wildman–Crippen LogP) is 4.08. The second-order valence-corrected chi connectivity index (χ2v) is 7.54. The van der Waals surface area contributed by atoms with E-state index in [4.69, 9.17) is 4.42 Å². The SMILES string of the molecule is CN(Cc1ncc(C2CC2)o1)C(=O)[C@@H]1C[C@H]1c1ccc(Br)cc1. The van der Waals surface area contributed by atoms with Crippen LogP contribution in [0.2, 0.25) is 0 Å². The fraction of sp³-hybridized carbons (Fsp3) is 0.444. The highest BCUT2D eigenvalue weighted by Crippen LogP contribution is 2.48. The molecule has 2 aliphatic rings. The van der Waals surface area contributed by atoms with Gasteiger partial charge in [0.25, 0.3) is 0 Å². The van der Waals surface area contributed by atoms with Crippen molar-refractivity contribution in [3.63, 3.8) is 0 Å². The summed E-state index contributed by atoms with van der Waals surface area (Å²) in [5, 5.41) is 0. The molecule has 2 aliphatic carbocycles. The molecule has 120 valence electrons. The summed E-state index contributed by atoms with van der Waals surface area (Å²) < 4.78 is 6.81. The van der Waals surface area contributed by atoms with Crippen LogP contribution in [-0.2, 0) is 11.3 Å². The Bertz CT molecular complexity index is 721. The second kappa shape index (κ2) is 5.78. The average molecular weight is 375 g/mol. The number of carbonyl (C=O) groups is 1. The van der Waals surface area contributed by atoms with E-state index in [2.05, 4.69) is 33.0 Å². The van der Waals surface area contributed by atoms with Gasteiger partial charge in [-0.15, -0.1) is 0 Å². The molecule has 0 saturated heterocycles. The van der Waals surface area contributed by atoms with Crippen LogP contribution >= 0.6 is 15.9 Å². The van der Waals surface area contributed by atoms with Gasteiger partial charge >= 0.3 is 0 Å². The van der Waals surface area contributed by atoms with Gasteiger partial charge in [-0.2, -0.15) is 0 Å². The summed E-state index contributed by atoms with van der Waals surface area (Å²) in [5.41, 5.74) is 1.24. The maximum atomic E-state index is 12.6. The molecular weight excluding hydrogens is 356 g/mol. The topological polar surface area (TPSA) is 46.3 Å². The first-order valence-electron chi connectivity index (χ1n) is 8.07. The number of aromatic nitrogens is 1. The summed E-state index contributed by atoms with van der Waals surface area (Å²) in [6, 6.07) is 8.26. The van der Waals surface area contributed by atoms with Crippen LogP contribution in [-0.4, -0.2) is 22.8 Å². The third-order valence-electron chi connectivity index (χ3n) is 4.71. The van der Waals surface area contributed by atoms with Gasteiger partial charge in [0.2, 0.25) is 11.8 Å². The minimum absolute atomic E-state index is 0.0963. The van der Waals surface area contributed by atoms with E-state index < -0.39 is 0 Å². The number of amides is 1. The van der Waals surface area contributed by atoms with E-state index in [0.717, 1.165) is 16.7 Å². The molecule has 1 amide bonds. The molecular formula is C18H19BrN2O2. The van der Waals surface area contributed by atoms with Crippen LogP contribution in [0, 0.1) is 5.92 Å². The van der Waals surface area contributed by atoms with E-state index in [1.165, 1.54) is 18.4 Å². The summed E-state index contributed by atoms with van der Waals surface area (Å²) in [4.78, 5) is 18.6. The van der Waals surface area contributed by atoms with Crippen molar-refractivity contribution in [1.29, 1.82) is 0 Å². The van der Waals surface area contributed by atoms with Gasteiger partial charge in [0.1, 0.15) is 5.76 Å². The van der Waals surface area contributed by atoms with Crippen LogP contribution in [0.3, 0.4) is 0 Å². The molecule has 1 aromatic carbocycles. The van der Waals surface area contributed by atoms with E-state index in [9.17, 15) is 4.79 Å². The lowest BCUT2D eigenvalue weighted by Crippen LogP contribution is -2.28. The van der Waals surface area contributed by atoms with Crippen LogP contribution in [0.1, 0.15) is 48.3 Å². The normalized spacial score (nSPS) is 22.9. The molecule has 0 radical (unpaired) electrons. The van der Waals surface area contributed by atoms with Crippen LogP contribution < -0.4 is 0 Å². The summed E-state index contributed by atoms with van der Waals surface area (Å²) in [7, 11) is 1.83. The number of halogens is 1. The molecule has 1 heterocycles. The molecule has 5 heteroatoms. The zero-order chi connectivity index (χ0) is 16.0. The molecule has 2 aromatic rings. The van der Waals surface area contributed by atoms with Crippen molar-refractivity contribution in [1.82, 2.24) is 9.88 Å². The van der Waals surface area contributed by atoms with Gasteiger partial charge in [0.15, 0.2) is 0 Å². The van der Waals surface area contributed by atoms with E-state index in [1.807, 2.05) is 25.4 Å². The minimum atomic E-state index is 0.0963. The molecule has 1 aromatic heterocycles. The Balaban J connectivity index is 1.36. The highest BCUT2D eigenvalue weighted by Gasteiger charge is 2.45. The number of carbonyl (C=O) groups excluding carboxylic acids is 1. The third kappa shape index (κ3) is 3.20. The first-order chi connectivity index (χ1) is 11.1. The molecule has 23 heavy (non-hydrogen) atoms. The Labute approximate surface area is 144 Å². The van der Waals surface area contributed by atoms with Crippen molar-refractivity contribution in [3.05, 3.63) is 52.1 Å². The molecule has 0 unspecified atom stereocenters. The number of benzene rings is 1. The van der Waals surface area contributed by atoms with E-state index >= 15 is 0 Å². The molecule has 2 saturated carbocycles. The summed E-state index contributed by atoms with van der Waals surface area (Å²) in [5.74, 6) is 2.80. The molecule has 2 fully saturated rings. The largest absolute Gasteiger partial charge is 0.443 e. The van der Waals surface area contributed by atoms with Gasteiger partial charge in [-0.3, -0.25) is 4.79 Å². The molecule has 0 aliphatic heterocycles. The quantitative estimate of drug-likeness (QED) is 0.791. The number of nitrogens with zero attached hydrogens (tertiary/aromatic N) is 2. The minimum Gasteiger partial charge on any atom is -0.443 e. The van der Waals surface area contributed by atoms with Crippen LogP contribution in [0.15, 0.2) is 39.4 Å². The third-order valence-corrected chi connectivity index (χ3v) is 5.23. The van der Waals surface area contributed by atoms with Gasteiger partial charge in [-0.05, 0) is 42.9 Å². The van der Waals surface area contributed by atoms with Gasteiger partial charge in [-0.1, -0.05) is 28.1 Å². The van der Waals surface area contributed by atoms with E-state index in [0.29, 0.717) is 24.3 Å². The molecule has 4 nitrogen and oxygen atoms in total. The van der Waals surface area contributed by atoms with Gasteiger partial charge < -0.3 is 9.32 Å². The average Bonchev–Trinajstić information content (AvgIpc) is 3.46. The molecule has 2 atom stereocenters. The van der Waals surface area contributed by atoms with Crippen molar-refractivity contribution >= 4 is 21.8 Å². The Kier molecular flexibility index (Phi) is 3.76. The zero-order valence-corrected chi connectivity index (χ0v) is 14.6. The first-order valence-corrected chi connectivity index (χ1v) is 8.86. The van der Waals surface area contributed by atoms with Crippen molar-refractivity contribution in [3.8, 4) is 0 Å². The number of rotatable bonds is 5. The number of oxazole rings is 1. The summed E-state index contributed by atoms with van der Waals surface area (Å²) in [6.45, 7) is 0.453. The predicted molar refractivity (Wildman–Crippen MR) is 89.9 cm³/mol. The van der Waals surface area contributed by atoms with Gasteiger partial charge in [-0.25, -0.2) is 4.98 Å². The van der Waals surface area contributed by atoms with Crippen LogP contribution in [0.4, 0.5) is 0 Å². The van der Waals surface area contributed by atoms with Crippen molar-refractivity contribution in [2.45, 2.75) is 37.6 Å². The number of hydrogen-bond donors (Lipinski definition) is 0. The lowest BCUT2D eigenvalue weighted by atomic mass is 10.1. The van der Waals surface area contributed by atoms with Crippen molar-refractivity contribution < 1.29 is 9.21 Å². The second-order valence-electron chi connectivity index (χ2n) is 6.63. The zero-order valence-electron chi connectivity index (χ0n) is 13.0. The number of hydrogen-bond acceptors (Lipinski definition) is 3. The summed E-state index contributed by atoms with van der Waals surface area (Å²) in [6.07, 6.45) is 5.14. The summed E-state index contributed by atoms with van der Waals surface area (Å²) >= 11 is 3.44. The van der Waals surface area contributed by atoms with E-state index in [-0.39, 0.29) is 11.8 Å². The van der Waals surface area contributed by atoms with E-state index in [1.54, 1.807) is 4.90 Å². The maximum Gasteiger partial charge on any atom is 0.226 e. The Morgan fingerprint density at radius 1 is 1.35 bits per heavy atom. The first kappa shape index (κ1) is 14.9. The maximum absolute atomic E-state index is 12.6. The lowest BCUT2D eigenvalue weighted by Gasteiger charge is -2.15. The molecule has 0 bridgehead atoms. The van der Waals surface area contributed by atoms with Crippen molar-refractivity contribution in [2.75, 3.05) is 7.05 Å². The van der Waals surface area contributed by atoms with Crippen LogP contribution in [0.25, 0.3) is 0 Å². The molecule has 0 N–H and O–H groups in total. The van der Waals surface area contributed by atoms with Crippen LogP contribution in [0.5, 0.6) is 0 Å². The fourth-order valence-electron chi connectivity index (χ4n) is 3.06. The monoisotopic (exact) mass is 374 g/mol. The standard InChI is InChI=1S/C18H19BrN2O2/c1-21(10-17-20-9-16(23-17)12-2-3-12)18(22)15-8-14(15)11-4-6-13(19)7-5-11/h4-7,9,12,14-15H,2-3,8,10H2,1H3/t14-,15+/m0/s1. The smallest absolute Gasteiger partial charge is 0.226 e. The lowest BCUT2D eigenvalue weighted by molar-refractivity contribution is -0.132.